The van der Waals surface area contributed by atoms with E-state index in [4.69, 9.17) is 16.0 Å². The molecule has 0 aliphatic carbocycles. The third-order valence-electron chi connectivity index (χ3n) is 4.19. The standard InChI is InChI=1S/C18H23ClOSi/c1-18(2,3)21(4,5)20-17-8-6-7-15(13-17)14-9-11-16(19)12-10-14/h6-13H,1-5H3. The summed E-state index contributed by atoms with van der Waals surface area (Å²) < 4.78 is 6.36. The molecule has 3 heteroatoms. The minimum atomic E-state index is -1.80. The van der Waals surface area contributed by atoms with Crippen molar-refractivity contribution in [3.05, 3.63) is 53.6 Å². The fourth-order valence-electron chi connectivity index (χ4n) is 1.83. The Morgan fingerprint density at radius 1 is 0.905 bits per heavy atom. The van der Waals surface area contributed by atoms with E-state index in [1.807, 2.05) is 36.4 Å². The van der Waals surface area contributed by atoms with Crippen molar-refractivity contribution in [3.63, 3.8) is 0 Å². The highest BCUT2D eigenvalue weighted by molar-refractivity contribution is 6.74. The molecule has 2 aromatic rings. The van der Waals surface area contributed by atoms with Crippen LogP contribution in [-0.2, 0) is 0 Å². The van der Waals surface area contributed by atoms with Gasteiger partial charge in [-0.05, 0) is 53.5 Å². The summed E-state index contributed by atoms with van der Waals surface area (Å²) in [5, 5.41) is 0.955. The van der Waals surface area contributed by atoms with Crippen LogP contribution >= 0.6 is 11.6 Å². The van der Waals surface area contributed by atoms with Crippen LogP contribution in [-0.4, -0.2) is 8.32 Å². The van der Waals surface area contributed by atoms with Gasteiger partial charge in [0.1, 0.15) is 5.75 Å². The summed E-state index contributed by atoms with van der Waals surface area (Å²) in [7, 11) is -1.80. The molecular weight excluding hydrogens is 296 g/mol. The molecule has 0 amide bonds. The number of rotatable bonds is 3. The third kappa shape index (κ3) is 3.89. The van der Waals surface area contributed by atoms with E-state index in [9.17, 15) is 0 Å². The normalized spacial score (nSPS) is 12.3. The molecule has 0 fully saturated rings. The van der Waals surface area contributed by atoms with Crippen molar-refractivity contribution in [2.75, 3.05) is 0 Å². The number of hydrogen-bond donors (Lipinski definition) is 0. The fraction of sp³-hybridized carbons (Fsp3) is 0.333. The van der Waals surface area contributed by atoms with Crippen LogP contribution in [0, 0.1) is 0 Å². The van der Waals surface area contributed by atoms with Crippen LogP contribution < -0.4 is 4.43 Å². The van der Waals surface area contributed by atoms with Crippen molar-refractivity contribution in [3.8, 4) is 16.9 Å². The lowest BCUT2D eigenvalue weighted by molar-refractivity contribution is 0.492. The van der Waals surface area contributed by atoms with E-state index in [-0.39, 0.29) is 5.04 Å². The molecule has 0 atom stereocenters. The Labute approximate surface area is 134 Å². The van der Waals surface area contributed by atoms with Gasteiger partial charge in [-0.1, -0.05) is 56.6 Å². The van der Waals surface area contributed by atoms with Gasteiger partial charge >= 0.3 is 0 Å². The highest BCUT2D eigenvalue weighted by Gasteiger charge is 2.38. The van der Waals surface area contributed by atoms with Gasteiger partial charge in [0, 0.05) is 5.02 Å². The van der Waals surface area contributed by atoms with Crippen molar-refractivity contribution in [1.82, 2.24) is 0 Å². The average molecular weight is 319 g/mol. The van der Waals surface area contributed by atoms with Gasteiger partial charge in [-0.3, -0.25) is 0 Å². The second kappa shape index (κ2) is 5.86. The van der Waals surface area contributed by atoms with Crippen molar-refractivity contribution < 1.29 is 4.43 Å². The second-order valence-electron chi connectivity index (χ2n) is 6.90. The van der Waals surface area contributed by atoms with Crippen LogP contribution in [0.15, 0.2) is 48.5 Å². The fourth-order valence-corrected chi connectivity index (χ4v) is 2.98. The van der Waals surface area contributed by atoms with E-state index < -0.39 is 8.32 Å². The Balaban J connectivity index is 2.28. The molecule has 1 nitrogen and oxygen atoms in total. The summed E-state index contributed by atoms with van der Waals surface area (Å²) in [6, 6.07) is 16.2. The number of benzene rings is 2. The molecule has 21 heavy (non-hydrogen) atoms. The summed E-state index contributed by atoms with van der Waals surface area (Å²) >= 11 is 5.95. The van der Waals surface area contributed by atoms with E-state index in [0.717, 1.165) is 21.9 Å². The molecule has 0 saturated carbocycles. The Morgan fingerprint density at radius 3 is 2.10 bits per heavy atom. The molecule has 0 radical (unpaired) electrons. The molecule has 2 aromatic carbocycles. The molecular formula is C18H23ClOSi. The van der Waals surface area contributed by atoms with Gasteiger partial charge in [-0.2, -0.15) is 0 Å². The molecule has 0 aromatic heterocycles. The lowest BCUT2D eigenvalue weighted by Crippen LogP contribution is -2.43. The van der Waals surface area contributed by atoms with Crippen molar-refractivity contribution >= 4 is 19.9 Å². The van der Waals surface area contributed by atoms with E-state index in [1.54, 1.807) is 0 Å². The van der Waals surface area contributed by atoms with Gasteiger partial charge in [-0.25, -0.2) is 0 Å². The van der Waals surface area contributed by atoms with Gasteiger partial charge in [-0.15, -0.1) is 0 Å². The van der Waals surface area contributed by atoms with E-state index >= 15 is 0 Å². The number of halogens is 1. The average Bonchev–Trinajstić information content (AvgIpc) is 2.38. The SMILES string of the molecule is CC(C)(C)[Si](C)(C)Oc1cccc(-c2ccc(Cl)cc2)c1. The van der Waals surface area contributed by atoms with Gasteiger partial charge in [0.25, 0.3) is 0 Å². The zero-order valence-corrected chi connectivity index (χ0v) is 15.2. The first-order chi connectivity index (χ1) is 9.69. The third-order valence-corrected chi connectivity index (χ3v) is 8.80. The summed E-state index contributed by atoms with van der Waals surface area (Å²) in [5.74, 6) is 0.953. The van der Waals surface area contributed by atoms with Crippen LogP contribution in [0.3, 0.4) is 0 Å². The van der Waals surface area contributed by atoms with Gasteiger partial charge < -0.3 is 4.43 Å². The van der Waals surface area contributed by atoms with Gasteiger partial charge in [0.2, 0.25) is 8.32 Å². The van der Waals surface area contributed by atoms with Crippen LogP contribution in [0.2, 0.25) is 23.2 Å². The first-order valence-corrected chi connectivity index (χ1v) is 10.5. The van der Waals surface area contributed by atoms with Crippen LogP contribution in [0.25, 0.3) is 11.1 Å². The van der Waals surface area contributed by atoms with E-state index in [0.29, 0.717) is 0 Å². The molecule has 0 unspecified atom stereocenters. The van der Waals surface area contributed by atoms with Crippen LogP contribution in [0.5, 0.6) is 5.75 Å². The Morgan fingerprint density at radius 2 is 1.52 bits per heavy atom. The summed E-state index contributed by atoms with van der Waals surface area (Å²) in [6.07, 6.45) is 0. The van der Waals surface area contributed by atoms with Crippen molar-refractivity contribution in [2.45, 2.75) is 38.9 Å². The lowest BCUT2D eigenvalue weighted by atomic mass is 10.1. The Bertz CT molecular complexity index is 612. The predicted molar refractivity (Wildman–Crippen MR) is 94.7 cm³/mol. The predicted octanol–water partition coefficient (Wildman–Crippen LogP) is 6.39. The molecule has 2 rings (SSSR count). The molecule has 0 bridgehead atoms. The van der Waals surface area contributed by atoms with Crippen LogP contribution in [0.4, 0.5) is 0 Å². The largest absolute Gasteiger partial charge is 0.543 e. The number of hydrogen-bond acceptors (Lipinski definition) is 1. The quantitative estimate of drug-likeness (QED) is 0.596. The Hall–Kier alpha value is -1.25. The topological polar surface area (TPSA) is 9.23 Å². The maximum absolute atomic E-state index is 6.36. The monoisotopic (exact) mass is 318 g/mol. The van der Waals surface area contributed by atoms with E-state index in [2.05, 4.69) is 46.0 Å². The minimum absolute atomic E-state index is 0.198. The molecule has 0 saturated heterocycles. The molecule has 0 heterocycles. The van der Waals surface area contributed by atoms with Crippen LogP contribution in [0.1, 0.15) is 20.8 Å². The maximum atomic E-state index is 6.36. The zero-order chi connectivity index (χ0) is 15.7. The first-order valence-electron chi connectivity index (χ1n) is 7.24. The highest BCUT2D eigenvalue weighted by Crippen LogP contribution is 2.38. The summed E-state index contributed by atoms with van der Waals surface area (Å²) in [4.78, 5) is 0. The molecule has 0 N–H and O–H groups in total. The van der Waals surface area contributed by atoms with E-state index in [1.165, 1.54) is 0 Å². The second-order valence-corrected chi connectivity index (χ2v) is 12.1. The highest BCUT2D eigenvalue weighted by atomic mass is 35.5. The molecule has 112 valence electrons. The zero-order valence-electron chi connectivity index (χ0n) is 13.4. The van der Waals surface area contributed by atoms with Crippen molar-refractivity contribution in [2.24, 2.45) is 0 Å². The molecule has 0 aliphatic rings. The lowest BCUT2D eigenvalue weighted by Gasteiger charge is -2.36. The van der Waals surface area contributed by atoms with Gasteiger partial charge in [0.05, 0.1) is 0 Å². The molecule has 0 aliphatic heterocycles. The Kier molecular flexibility index (Phi) is 4.50. The first kappa shape index (κ1) is 16.1. The smallest absolute Gasteiger partial charge is 0.250 e. The van der Waals surface area contributed by atoms with Gasteiger partial charge in [0.15, 0.2) is 0 Å². The molecule has 0 spiro atoms. The van der Waals surface area contributed by atoms with Crippen molar-refractivity contribution in [1.29, 1.82) is 0 Å². The summed E-state index contributed by atoms with van der Waals surface area (Å²) in [5.41, 5.74) is 2.31. The summed E-state index contributed by atoms with van der Waals surface area (Å²) in [6.45, 7) is 11.3. The maximum Gasteiger partial charge on any atom is 0.250 e. The minimum Gasteiger partial charge on any atom is -0.543 e.